The molecule has 1 fully saturated rings. The number of carbonyl (C=O) groups excluding carboxylic acids is 1. The Bertz CT molecular complexity index is 655. The van der Waals surface area contributed by atoms with Crippen LogP contribution in [0.2, 0.25) is 0 Å². The molecule has 1 aromatic rings. The van der Waals surface area contributed by atoms with Crippen molar-refractivity contribution in [2.75, 3.05) is 20.1 Å². The van der Waals surface area contributed by atoms with Crippen molar-refractivity contribution in [2.45, 2.75) is 50.0 Å². The number of carbonyl (C=O) groups is 1. The molecule has 0 aliphatic heterocycles. The average Bonchev–Trinajstić information content (AvgIpc) is 2.57. The summed E-state index contributed by atoms with van der Waals surface area (Å²) < 4.78 is 39.0. The van der Waals surface area contributed by atoms with Crippen LogP contribution < -0.4 is 0 Å². The van der Waals surface area contributed by atoms with Crippen molar-refractivity contribution in [3.8, 4) is 0 Å². The third kappa shape index (κ3) is 4.33. The second kappa shape index (κ2) is 8.07. The van der Waals surface area contributed by atoms with E-state index in [1.165, 1.54) is 25.6 Å². The smallest absolute Gasteiger partial charge is 0.243 e. The van der Waals surface area contributed by atoms with Gasteiger partial charge in [-0.2, -0.15) is 4.31 Å². The van der Waals surface area contributed by atoms with Crippen LogP contribution in [0.15, 0.2) is 29.2 Å². The van der Waals surface area contributed by atoms with Crippen molar-refractivity contribution in [3.63, 3.8) is 0 Å². The molecule has 1 aliphatic carbocycles. The molecule has 0 aromatic heterocycles. The Hall–Kier alpha value is -1.47. The van der Waals surface area contributed by atoms with Gasteiger partial charge in [0.15, 0.2) is 0 Å². The molecule has 2 rings (SSSR count). The first-order valence-electron chi connectivity index (χ1n) is 8.37. The lowest BCUT2D eigenvalue weighted by Gasteiger charge is -2.34. The van der Waals surface area contributed by atoms with E-state index in [0.29, 0.717) is 6.54 Å². The largest absolute Gasteiger partial charge is 0.339 e. The van der Waals surface area contributed by atoms with Crippen molar-refractivity contribution >= 4 is 15.9 Å². The summed E-state index contributed by atoms with van der Waals surface area (Å²) in [6, 6.07) is 4.83. The fourth-order valence-corrected chi connectivity index (χ4v) is 4.30. The van der Waals surface area contributed by atoms with Gasteiger partial charge in [-0.25, -0.2) is 12.8 Å². The van der Waals surface area contributed by atoms with Crippen LogP contribution in [-0.2, 0) is 14.8 Å². The molecule has 0 bridgehead atoms. The number of likely N-dealkylation sites (N-methyl/N-ethyl adjacent to an activating group) is 2. The summed E-state index contributed by atoms with van der Waals surface area (Å²) in [5, 5.41) is 0. The standard InChI is InChI=1S/C17H25FN2O3S/c1-3-20(15-7-5-4-6-8-15)17(21)13-19(2)24(22,23)16-11-9-14(18)10-12-16/h9-12,15H,3-8,13H2,1-2H3. The Morgan fingerprint density at radius 2 is 1.75 bits per heavy atom. The number of rotatable bonds is 6. The first-order valence-corrected chi connectivity index (χ1v) is 9.81. The monoisotopic (exact) mass is 356 g/mol. The molecule has 0 atom stereocenters. The van der Waals surface area contributed by atoms with Gasteiger partial charge in [0.25, 0.3) is 0 Å². The molecule has 134 valence electrons. The van der Waals surface area contributed by atoms with E-state index in [1.807, 2.05) is 6.92 Å². The molecule has 24 heavy (non-hydrogen) atoms. The Labute approximate surface area is 143 Å². The van der Waals surface area contributed by atoms with Gasteiger partial charge in [0.05, 0.1) is 11.4 Å². The van der Waals surface area contributed by atoms with Crippen LogP contribution in [0.3, 0.4) is 0 Å². The maximum Gasteiger partial charge on any atom is 0.243 e. The molecule has 0 saturated heterocycles. The molecule has 7 heteroatoms. The first kappa shape index (κ1) is 18.9. The fourth-order valence-electron chi connectivity index (χ4n) is 3.18. The highest BCUT2D eigenvalue weighted by atomic mass is 32.2. The topological polar surface area (TPSA) is 57.7 Å². The minimum absolute atomic E-state index is 0.0140. The summed E-state index contributed by atoms with van der Waals surface area (Å²) in [5.74, 6) is -0.681. The number of hydrogen-bond donors (Lipinski definition) is 0. The zero-order chi connectivity index (χ0) is 17.7. The van der Waals surface area contributed by atoms with E-state index in [1.54, 1.807) is 4.90 Å². The van der Waals surface area contributed by atoms with Gasteiger partial charge in [-0.05, 0) is 44.0 Å². The second-order valence-corrected chi connectivity index (χ2v) is 8.23. The van der Waals surface area contributed by atoms with Crippen LogP contribution in [-0.4, -0.2) is 49.7 Å². The van der Waals surface area contributed by atoms with Gasteiger partial charge in [0.2, 0.25) is 15.9 Å². The number of benzene rings is 1. The molecule has 0 spiro atoms. The summed E-state index contributed by atoms with van der Waals surface area (Å²) in [5.41, 5.74) is 0. The van der Waals surface area contributed by atoms with E-state index in [4.69, 9.17) is 0 Å². The van der Waals surface area contributed by atoms with Gasteiger partial charge in [-0.15, -0.1) is 0 Å². The van der Waals surface area contributed by atoms with Gasteiger partial charge in [0, 0.05) is 19.6 Å². The molecule has 0 N–H and O–H groups in total. The summed E-state index contributed by atoms with van der Waals surface area (Å²) >= 11 is 0. The van der Waals surface area contributed by atoms with Gasteiger partial charge in [-0.3, -0.25) is 4.79 Å². The summed E-state index contributed by atoms with van der Waals surface area (Å²) in [7, 11) is -2.42. The molecule has 5 nitrogen and oxygen atoms in total. The fraction of sp³-hybridized carbons (Fsp3) is 0.588. The van der Waals surface area contributed by atoms with Crippen molar-refractivity contribution in [1.82, 2.24) is 9.21 Å². The van der Waals surface area contributed by atoms with Gasteiger partial charge in [0.1, 0.15) is 5.82 Å². The van der Waals surface area contributed by atoms with Crippen molar-refractivity contribution in [2.24, 2.45) is 0 Å². The number of hydrogen-bond acceptors (Lipinski definition) is 3. The van der Waals surface area contributed by atoms with E-state index in [-0.39, 0.29) is 23.4 Å². The molecule has 1 aliphatic rings. The quantitative estimate of drug-likeness (QED) is 0.787. The Balaban J connectivity index is 2.07. The van der Waals surface area contributed by atoms with Crippen LogP contribution >= 0.6 is 0 Å². The molecular weight excluding hydrogens is 331 g/mol. The average molecular weight is 356 g/mol. The number of sulfonamides is 1. The maximum absolute atomic E-state index is 13.0. The van der Waals surface area contributed by atoms with Crippen LogP contribution in [0.1, 0.15) is 39.0 Å². The maximum atomic E-state index is 13.0. The van der Waals surface area contributed by atoms with Gasteiger partial charge in [-0.1, -0.05) is 19.3 Å². The zero-order valence-electron chi connectivity index (χ0n) is 14.2. The van der Waals surface area contributed by atoms with E-state index in [0.717, 1.165) is 42.1 Å². The molecule has 1 amide bonds. The van der Waals surface area contributed by atoms with Crippen LogP contribution in [0.5, 0.6) is 0 Å². The van der Waals surface area contributed by atoms with E-state index < -0.39 is 15.8 Å². The summed E-state index contributed by atoms with van der Waals surface area (Å²) in [4.78, 5) is 14.3. The lowest BCUT2D eigenvalue weighted by molar-refractivity contribution is -0.133. The molecule has 0 radical (unpaired) electrons. The minimum atomic E-state index is -3.80. The normalized spacial score (nSPS) is 16.3. The second-order valence-electron chi connectivity index (χ2n) is 6.19. The van der Waals surface area contributed by atoms with E-state index in [2.05, 4.69) is 0 Å². The Morgan fingerprint density at radius 1 is 1.17 bits per heavy atom. The molecule has 1 saturated carbocycles. The predicted molar refractivity (Wildman–Crippen MR) is 90.5 cm³/mol. The highest BCUT2D eigenvalue weighted by Gasteiger charge is 2.28. The van der Waals surface area contributed by atoms with Crippen molar-refractivity contribution < 1.29 is 17.6 Å². The van der Waals surface area contributed by atoms with E-state index >= 15 is 0 Å². The minimum Gasteiger partial charge on any atom is -0.339 e. The van der Waals surface area contributed by atoms with Crippen LogP contribution in [0, 0.1) is 5.82 Å². The third-order valence-electron chi connectivity index (χ3n) is 4.56. The molecular formula is C17H25FN2O3S. The number of amides is 1. The molecule has 0 unspecified atom stereocenters. The molecule has 0 heterocycles. The zero-order valence-corrected chi connectivity index (χ0v) is 15.1. The Kier molecular flexibility index (Phi) is 6.34. The van der Waals surface area contributed by atoms with Gasteiger partial charge < -0.3 is 4.90 Å². The predicted octanol–water partition coefficient (Wildman–Crippen LogP) is 2.63. The van der Waals surface area contributed by atoms with Gasteiger partial charge >= 0.3 is 0 Å². The number of halogens is 1. The number of nitrogens with zero attached hydrogens (tertiary/aromatic N) is 2. The van der Waals surface area contributed by atoms with Crippen molar-refractivity contribution in [3.05, 3.63) is 30.1 Å². The lowest BCUT2D eigenvalue weighted by atomic mass is 9.94. The summed E-state index contributed by atoms with van der Waals surface area (Å²) in [6.45, 7) is 2.29. The SMILES string of the molecule is CCN(C(=O)CN(C)S(=O)(=O)c1ccc(F)cc1)C1CCCCC1. The van der Waals surface area contributed by atoms with Crippen LogP contribution in [0.4, 0.5) is 4.39 Å². The highest BCUT2D eigenvalue weighted by Crippen LogP contribution is 2.23. The van der Waals surface area contributed by atoms with E-state index in [9.17, 15) is 17.6 Å². The highest BCUT2D eigenvalue weighted by molar-refractivity contribution is 7.89. The van der Waals surface area contributed by atoms with Crippen molar-refractivity contribution in [1.29, 1.82) is 0 Å². The first-order chi connectivity index (χ1) is 11.4. The van der Waals surface area contributed by atoms with Crippen LogP contribution in [0.25, 0.3) is 0 Å². The Morgan fingerprint density at radius 3 is 2.29 bits per heavy atom. The third-order valence-corrected chi connectivity index (χ3v) is 6.37. The summed E-state index contributed by atoms with van der Waals surface area (Å²) in [6.07, 6.45) is 5.37. The molecule has 1 aromatic carbocycles. The lowest BCUT2D eigenvalue weighted by Crippen LogP contribution is -2.46.